The van der Waals surface area contributed by atoms with E-state index in [1.54, 1.807) is 49.4 Å². The first-order valence-electron chi connectivity index (χ1n) is 10.6. The average Bonchev–Trinajstić information content (AvgIpc) is 2.84. The highest BCUT2D eigenvalue weighted by Crippen LogP contribution is 2.26. The van der Waals surface area contributed by atoms with Crippen LogP contribution in [0, 0.1) is 6.92 Å². The molecule has 0 fully saturated rings. The van der Waals surface area contributed by atoms with Gasteiger partial charge in [0.1, 0.15) is 5.75 Å². The first kappa shape index (κ1) is 24.8. The van der Waals surface area contributed by atoms with Crippen molar-refractivity contribution in [1.29, 1.82) is 0 Å². The van der Waals surface area contributed by atoms with Crippen LogP contribution in [-0.4, -0.2) is 40.6 Å². The molecule has 0 saturated heterocycles. The van der Waals surface area contributed by atoms with Crippen molar-refractivity contribution in [1.82, 2.24) is 0 Å². The van der Waals surface area contributed by atoms with Gasteiger partial charge in [0.15, 0.2) is 6.61 Å². The number of para-hydroxylation sites is 1. The normalized spacial score (nSPS) is 10.9. The number of benzene rings is 3. The molecule has 0 aromatic heterocycles. The predicted molar refractivity (Wildman–Crippen MR) is 130 cm³/mol. The number of aryl methyl sites for hydroxylation is 1. The van der Waals surface area contributed by atoms with Gasteiger partial charge < -0.3 is 14.8 Å². The Bertz CT molecular complexity index is 1280. The van der Waals surface area contributed by atoms with Gasteiger partial charge in [0, 0.05) is 6.54 Å². The molecule has 0 aliphatic heterocycles. The molecule has 178 valence electrons. The molecule has 0 aliphatic rings. The number of amides is 1. The van der Waals surface area contributed by atoms with Crippen molar-refractivity contribution in [2.75, 3.05) is 29.9 Å². The molecule has 0 aliphatic carbocycles. The standard InChI is InChI=1S/C25H26N2O6S/c1-4-27(20-10-6-5-7-11-20)34(30,31)21-12-8-9-19(16-21)25(29)33-17-24(28)26-22-15-18(2)13-14-23(22)32-3/h5-16H,4,17H2,1-3H3,(H,26,28). The summed E-state index contributed by atoms with van der Waals surface area (Å²) in [5.41, 5.74) is 1.91. The monoisotopic (exact) mass is 482 g/mol. The summed E-state index contributed by atoms with van der Waals surface area (Å²) in [6, 6.07) is 19.5. The maximum Gasteiger partial charge on any atom is 0.338 e. The van der Waals surface area contributed by atoms with Crippen molar-refractivity contribution >= 4 is 33.3 Å². The van der Waals surface area contributed by atoms with Crippen molar-refractivity contribution in [3.63, 3.8) is 0 Å². The van der Waals surface area contributed by atoms with Crippen LogP contribution in [-0.2, 0) is 19.6 Å². The lowest BCUT2D eigenvalue weighted by Crippen LogP contribution is -2.30. The van der Waals surface area contributed by atoms with E-state index in [0.717, 1.165) is 5.56 Å². The summed E-state index contributed by atoms with van der Waals surface area (Å²) >= 11 is 0. The van der Waals surface area contributed by atoms with Gasteiger partial charge in [-0.3, -0.25) is 9.10 Å². The molecule has 3 rings (SSSR count). The lowest BCUT2D eigenvalue weighted by molar-refractivity contribution is -0.119. The summed E-state index contributed by atoms with van der Waals surface area (Å²) in [5.74, 6) is -0.893. The number of sulfonamides is 1. The zero-order valence-electron chi connectivity index (χ0n) is 19.1. The number of nitrogens with zero attached hydrogens (tertiary/aromatic N) is 1. The molecule has 9 heteroatoms. The minimum absolute atomic E-state index is 0.0196. The Kier molecular flexibility index (Phi) is 7.91. The van der Waals surface area contributed by atoms with Crippen LogP contribution in [0.4, 0.5) is 11.4 Å². The molecular weight excluding hydrogens is 456 g/mol. The van der Waals surface area contributed by atoms with E-state index in [4.69, 9.17) is 9.47 Å². The highest BCUT2D eigenvalue weighted by atomic mass is 32.2. The molecule has 3 aromatic rings. The van der Waals surface area contributed by atoms with Gasteiger partial charge in [0.05, 0.1) is 28.9 Å². The number of anilines is 2. The van der Waals surface area contributed by atoms with Crippen LogP contribution in [0.1, 0.15) is 22.8 Å². The van der Waals surface area contributed by atoms with E-state index in [9.17, 15) is 18.0 Å². The third-order valence-electron chi connectivity index (χ3n) is 4.95. The van der Waals surface area contributed by atoms with E-state index in [2.05, 4.69) is 5.32 Å². The highest BCUT2D eigenvalue weighted by molar-refractivity contribution is 7.92. The maximum atomic E-state index is 13.2. The summed E-state index contributed by atoms with van der Waals surface area (Å²) in [6.07, 6.45) is 0. The van der Waals surface area contributed by atoms with E-state index < -0.39 is 28.5 Å². The molecule has 1 amide bonds. The van der Waals surface area contributed by atoms with Crippen LogP contribution in [0.25, 0.3) is 0 Å². The van der Waals surface area contributed by atoms with Crippen LogP contribution in [0.3, 0.4) is 0 Å². The number of carbonyl (C=O) groups is 2. The quantitative estimate of drug-likeness (QED) is 0.462. The zero-order chi connectivity index (χ0) is 24.7. The van der Waals surface area contributed by atoms with Gasteiger partial charge in [0.25, 0.3) is 15.9 Å². The number of hydrogen-bond acceptors (Lipinski definition) is 6. The maximum absolute atomic E-state index is 13.2. The molecule has 1 N–H and O–H groups in total. The van der Waals surface area contributed by atoms with Crippen molar-refractivity contribution in [3.8, 4) is 5.75 Å². The highest BCUT2D eigenvalue weighted by Gasteiger charge is 2.24. The molecule has 0 bridgehead atoms. The van der Waals surface area contributed by atoms with Crippen molar-refractivity contribution in [2.24, 2.45) is 0 Å². The van der Waals surface area contributed by atoms with Crippen LogP contribution >= 0.6 is 0 Å². The third kappa shape index (κ3) is 5.74. The van der Waals surface area contributed by atoms with Crippen LogP contribution < -0.4 is 14.4 Å². The van der Waals surface area contributed by atoms with Gasteiger partial charge >= 0.3 is 5.97 Å². The molecule has 0 unspecified atom stereocenters. The van der Waals surface area contributed by atoms with Gasteiger partial charge in [-0.1, -0.05) is 30.3 Å². The Balaban J connectivity index is 1.71. The topological polar surface area (TPSA) is 102 Å². The Morgan fingerprint density at radius 1 is 0.971 bits per heavy atom. The second-order valence-corrected chi connectivity index (χ2v) is 9.22. The second kappa shape index (κ2) is 10.8. The van der Waals surface area contributed by atoms with Crippen molar-refractivity contribution in [2.45, 2.75) is 18.7 Å². The molecule has 8 nitrogen and oxygen atoms in total. The second-order valence-electron chi connectivity index (χ2n) is 7.36. The summed E-state index contributed by atoms with van der Waals surface area (Å²) in [4.78, 5) is 24.8. The Labute approximate surface area is 199 Å². The Morgan fingerprint density at radius 2 is 1.71 bits per heavy atom. The molecular formula is C25H26N2O6S. The Morgan fingerprint density at radius 3 is 2.38 bits per heavy atom. The molecule has 0 atom stereocenters. The first-order chi connectivity index (χ1) is 16.3. The van der Waals surface area contributed by atoms with Gasteiger partial charge in [-0.2, -0.15) is 0 Å². The van der Waals surface area contributed by atoms with E-state index in [1.165, 1.54) is 35.7 Å². The molecule has 0 saturated carbocycles. The minimum atomic E-state index is -3.91. The van der Waals surface area contributed by atoms with E-state index >= 15 is 0 Å². The van der Waals surface area contributed by atoms with E-state index in [1.807, 2.05) is 13.0 Å². The predicted octanol–water partition coefficient (Wildman–Crippen LogP) is 4.01. The fourth-order valence-electron chi connectivity index (χ4n) is 3.32. The lowest BCUT2D eigenvalue weighted by Gasteiger charge is -2.23. The SMILES string of the molecule is CCN(c1ccccc1)S(=O)(=O)c1cccc(C(=O)OCC(=O)Nc2cc(C)ccc2OC)c1. The minimum Gasteiger partial charge on any atom is -0.495 e. The summed E-state index contributed by atoms with van der Waals surface area (Å²) < 4.78 is 38.0. The Hall–Kier alpha value is -3.85. The van der Waals surface area contributed by atoms with Crippen LogP contribution in [0.15, 0.2) is 77.7 Å². The molecule has 0 radical (unpaired) electrons. The summed E-state index contributed by atoms with van der Waals surface area (Å²) in [6.45, 7) is 3.26. The molecule has 0 spiro atoms. The van der Waals surface area contributed by atoms with E-state index in [-0.39, 0.29) is 17.0 Å². The van der Waals surface area contributed by atoms with Gasteiger partial charge in [0.2, 0.25) is 0 Å². The number of carbonyl (C=O) groups excluding carboxylic acids is 2. The van der Waals surface area contributed by atoms with Crippen molar-refractivity contribution in [3.05, 3.63) is 83.9 Å². The lowest BCUT2D eigenvalue weighted by atomic mass is 10.2. The fraction of sp³-hybridized carbons (Fsp3) is 0.200. The number of esters is 1. The fourth-order valence-corrected chi connectivity index (χ4v) is 4.84. The summed E-state index contributed by atoms with van der Waals surface area (Å²) in [7, 11) is -2.43. The number of methoxy groups -OCH3 is 1. The molecule has 0 heterocycles. The number of hydrogen-bond donors (Lipinski definition) is 1. The number of ether oxygens (including phenoxy) is 2. The molecule has 3 aromatic carbocycles. The van der Waals surface area contributed by atoms with Crippen LogP contribution in [0.2, 0.25) is 0 Å². The van der Waals surface area contributed by atoms with Gasteiger partial charge in [-0.05, 0) is 61.9 Å². The average molecular weight is 483 g/mol. The van der Waals surface area contributed by atoms with Crippen LogP contribution in [0.5, 0.6) is 5.75 Å². The molecule has 34 heavy (non-hydrogen) atoms. The first-order valence-corrected chi connectivity index (χ1v) is 12.0. The van der Waals surface area contributed by atoms with Gasteiger partial charge in [-0.25, -0.2) is 13.2 Å². The number of rotatable bonds is 9. The third-order valence-corrected chi connectivity index (χ3v) is 6.85. The van der Waals surface area contributed by atoms with E-state index in [0.29, 0.717) is 17.1 Å². The smallest absolute Gasteiger partial charge is 0.338 e. The van der Waals surface area contributed by atoms with Crippen molar-refractivity contribution < 1.29 is 27.5 Å². The zero-order valence-corrected chi connectivity index (χ0v) is 20.0. The largest absolute Gasteiger partial charge is 0.495 e. The van der Waals surface area contributed by atoms with Gasteiger partial charge in [-0.15, -0.1) is 0 Å². The number of nitrogens with one attached hydrogen (secondary N) is 1. The summed E-state index contributed by atoms with van der Waals surface area (Å²) in [5, 5.41) is 2.64.